The number of hydrogen-bond acceptors (Lipinski definition) is 4. The first kappa shape index (κ1) is 18.2. The highest BCUT2D eigenvalue weighted by Crippen LogP contribution is 2.51. The standard InChI is InChI=1S/C22H29N3O2/c1-12-13(11-25(6)24-12)18-19-14(7-21(2,3)9-16(19)26)23-15-8-22(4,5)10-17(27)20(15)18/h11,18,23H,7-10H2,1-6H3. The summed E-state index contributed by atoms with van der Waals surface area (Å²) in [6.45, 7) is 10.5. The number of hydrogen-bond donors (Lipinski definition) is 1. The van der Waals surface area contributed by atoms with E-state index in [9.17, 15) is 9.59 Å². The Morgan fingerprint density at radius 2 is 1.44 bits per heavy atom. The molecule has 1 aromatic rings. The Balaban J connectivity index is 1.94. The molecule has 2 aliphatic carbocycles. The van der Waals surface area contributed by atoms with Crippen LogP contribution in [0.3, 0.4) is 0 Å². The third-order valence-corrected chi connectivity index (χ3v) is 6.08. The molecule has 5 heteroatoms. The van der Waals surface area contributed by atoms with Crippen molar-refractivity contribution < 1.29 is 9.59 Å². The Morgan fingerprint density at radius 1 is 0.963 bits per heavy atom. The summed E-state index contributed by atoms with van der Waals surface area (Å²) in [5, 5.41) is 8.04. The number of carbonyl (C=O) groups is 2. The number of ketones is 2. The van der Waals surface area contributed by atoms with E-state index in [1.807, 2.05) is 20.2 Å². The zero-order valence-corrected chi connectivity index (χ0v) is 17.2. The van der Waals surface area contributed by atoms with E-state index < -0.39 is 0 Å². The molecule has 1 aliphatic heterocycles. The summed E-state index contributed by atoms with van der Waals surface area (Å²) in [6.07, 6.45) is 4.67. The molecule has 144 valence electrons. The van der Waals surface area contributed by atoms with E-state index in [0.29, 0.717) is 12.8 Å². The van der Waals surface area contributed by atoms with Gasteiger partial charge in [0.25, 0.3) is 0 Å². The van der Waals surface area contributed by atoms with Crippen LogP contribution in [0.2, 0.25) is 0 Å². The number of dihydropyridines is 1. The maximum atomic E-state index is 13.2. The summed E-state index contributed by atoms with van der Waals surface area (Å²) >= 11 is 0. The lowest BCUT2D eigenvalue weighted by Crippen LogP contribution is -2.42. The Hall–Kier alpha value is -2.17. The van der Waals surface area contributed by atoms with Crippen molar-refractivity contribution in [2.75, 3.05) is 0 Å². The van der Waals surface area contributed by atoms with Crippen LogP contribution in [0.15, 0.2) is 28.7 Å². The van der Waals surface area contributed by atoms with E-state index >= 15 is 0 Å². The normalized spacial score (nSPS) is 24.7. The van der Waals surface area contributed by atoms with Gasteiger partial charge in [-0.3, -0.25) is 14.3 Å². The van der Waals surface area contributed by atoms with E-state index in [1.165, 1.54) is 0 Å². The molecule has 5 nitrogen and oxygen atoms in total. The molecule has 0 bridgehead atoms. The Kier molecular flexibility index (Phi) is 3.82. The predicted octanol–water partition coefficient (Wildman–Crippen LogP) is 3.70. The highest BCUT2D eigenvalue weighted by atomic mass is 16.1. The number of allylic oxidation sites excluding steroid dienone is 4. The number of rotatable bonds is 1. The Bertz CT molecular complexity index is 875. The van der Waals surface area contributed by atoms with Gasteiger partial charge in [-0.25, -0.2) is 0 Å². The summed E-state index contributed by atoms with van der Waals surface area (Å²) in [7, 11) is 1.89. The van der Waals surface area contributed by atoms with Crippen molar-refractivity contribution in [2.45, 2.75) is 66.2 Å². The first-order valence-corrected chi connectivity index (χ1v) is 9.77. The average molecular weight is 367 g/mol. The fourth-order valence-corrected chi connectivity index (χ4v) is 5.10. The monoisotopic (exact) mass is 367 g/mol. The van der Waals surface area contributed by atoms with Gasteiger partial charge >= 0.3 is 0 Å². The van der Waals surface area contributed by atoms with Gasteiger partial charge in [-0.15, -0.1) is 0 Å². The highest BCUT2D eigenvalue weighted by molar-refractivity contribution is 6.06. The van der Waals surface area contributed by atoms with Crippen LogP contribution in [-0.2, 0) is 16.6 Å². The van der Waals surface area contributed by atoms with Crippen LogP contribution >= 0.6 is 0 Å². The molecule has 27 heavy (non-hydrogen) atoms. The number of nitrogens with zero attached hydrogens (tertiary/aromatic N) is 2. The summed E-state index contributed by atoms with van der Waals surface area (Å²) in [6, 6.07) is 0. The average Bonchev–Trinajstić information content (AvgIpc) is 2.80. The summed E-state index contributed by atoms with van der Waals surface area (Å²) in [5.41, 5.74) is 5.34. The SMILES string of the molecule is Cc1nn(C)cc1C1C2=C(CC(C)(C)CC2=O)NC2=C1C(=O)CC(C)(C)C2. The quantitative estimate of drug-likeness (QED) is 0.822. The third kappa shape index (κ3) is 2.97. The van der Waals surface area contributed by atoms with Crippen LogP contribution in [0.5, 0.6) is 0 Å². The molecule has 0 spiro atoms. The number of Topliss-reactive ketones (excluding diaryl/α,β-unsaturated/α-hetero) is 2. The molecule has 0 saturated heterocycles. The predicted molar refractivity (Wildman–Crippen MR) is 104 cm³/mol. The van der Waals surface area contributed by atoms with Gasteiger partial charge in [0.05, 0.1) is 5.69 Å². The largest absolute Gasteiger partial charge is 0.362 e. The van der Waals surface area contributed by atoms with Gasteiger partial charge in [-0.1, -0.05) is 27.7 Å². The van der Waals surface area contributed by atoms with Gasteiger partial charge < -0.3 is 5.32 Å². The summed E-state index contributed by atoms with van der Waals surface area (Å²) in [5.74, 6) is 0.0366. The van der Waals surface area contributed by atoms with Crippen LogP contribution in [0.25, 0.3) is 0 Å². The molecule has 0 atom stereocenters. The van der Waals surface area contributed by atoms with E-state index in [-0.39, 0.29) is 28.3 Å². The van der Waals surface area contributed by atoms with Crippen LogP contribution in [0.4, 0.5) is 0 Å². The van der Waals surface area contributed by atoms with Crippen molar-refractivity contribution in [3.05, 3.63) is 40.0 Å². The highest BCUT2D eigenvalue weighted by Gasteiger charge is 2.47. The fraction of sp³-hybridized carbons (Fsp3) is 0.591. The zero-order valence-electron chi connectivity index (χ0n) is 17.2. The molecular formula is C22H29N3O2. The Labute approximate surface area is 160 Å². The molecule has 4 rings (SSSR count). The van der Waals surface area contributed by atoms with Gasteiger partial charge in [0.15, 0.2) is 11.6 Å². The van der Waals surface area contributed by atoms with Crippen LogP contribution < -0.4 is 5.32 Å². The Morgan fingerprint density at radius 3 is 1.85 bits per heavy atom. The third-order valence-electron chi connectivity index (χ3n) is 6.08. The van der Waals surface area contributed by atoms with E-state index in [1.54, 1.807) is 4.68 Å². The molecule has 3 aliphatic rings. The first-order chi connectivity index (χ1) is 12.5. The van der Waals surface area contributed by atoms with Gasteiger partial charge in [-0.05, 0) is 30.6 Å². The molecule has 0 amide bonds. The molecule has 0 aromatic carbocycles. The smallest absolute Gasteiger partial charge is 0.162 e. The van der Waals surface area contributed by atoms with Crippen molar-refractivity contribution in [3.63, 3.8) is 0 Å². The summed E-state index contributed by atoms with van der Waals surface area (Å²) in [4.78, 5) is 26.4. The minimum Gasteiger partial charge on any atom is -0.362 e. The van der Waals surface area contributed by atoms with Gasteiger partial charge in [0.1, 0.15) is 0 Å². The van der Waals surface area contributed by atoms with E-state index in [0.717, 1.165) is 46.6 Å². The van der Waals surface area contributed by atoms with Gasteiger partial charge in [-0.2, -0.15) is 5.10 Å². The lowest BCUT2D eigenvalue weighted by molar-refractivity contribution is -0.119. The molecule has 0 saturated carbocycles. The van der Waals surface area contributed by atoms with Crippen LogP contribution in [0.1, 0.15) is 70.6 Å². The summed E-state index contributed by atoms with van der Waals surface area (Å²) < 4.78 is 1.78. The van der Waals surface area contributed by atoms with Crippen molar-refractivity contribution in [1.29, 1.82) is 0 Å². The molecule has 0 fully saturated rings. The molecule has 2 heterocycles. The lowest BCUT2D eigenvalue weighted by atomic mass is 9.64. The molecule has 1 N–H and O–H groups in total. The topological polar surface area (TPSA) is 64.0 Å². The lowest BCUT2D eigenvalue weighted by Gasteiger charge is -2.43. The molecule has 0 unspecified atom stereocenters. The number of aryl methyl sites for hydroxylation is 2. The maximum absolute atomic E-state index is 13.2. The number of nitrogens with one attached hydrogen (secondary N) is 1. The van der Waals surface area contributed by atoms with Crippen molar-refractivity contribution in [2.24, 2.45) is 17.9 Å². The minimum absolute atomic E-state index is 0.0658. The maximum Gasteiger partial charge on any atom is 0.162 e. The zero-order chi connectivity index (χ0) is 19.7. The second-order valence-electron chi connectivity index (χ2n) is 10.1. The van der Waals surface area contributed by atoms with Crippen molar-refractivity contribution in [3.8, 4) is 0 Å². The molecule has 1 aromatic heterocycles. The van der Waals surface area contributed by atoms with Crippen molar-refractivity contribution >= 4 is 11.6 Å². The van der Waals surface area contributed by atoms with Gasteiger partial charge in [0.2, 0.25) is 0 Å². The van der Waals surface area contributed by atoms with E-state index in [4.69, 9.17) is 0 Å². The second-order valence-corrected chi connectivity index (χ2v) is 10.1. The van der Waals surface area contributed by atoms with Crippen LogP contribution in [0, 0.1) is 17.8 Å². The first-order valence-electron chi connectivity index (χ1n) is 9.77. The molecular weight excluding hydrogens is 338 g/mol. The second kappa shape index (κ2) is 5.66. The van der Waals surface area contributed by atoms with Gasteiger partial charge in [0, 0.05) is 60.1 Å². The fourth-order valence-electron chi connectivity index (χ4n) is 5.10. The minimum atomic E-state index is -0.280. The number of carbonyl (C=O) groups excluding carboxylic acids is 2. The van der Waals surface area contributed by atoms with Crippen LogP contribution in [-0.4, -0.2) is 21.3 Å². The van der Waals surface area contributed by atoms with Crippen molar-refractivity contribution in [1.82, 2.24) is 15.1 Å². The van der Waals surface area contributed by atoms with E-state index in [2.05, 4.69) is 38.1 Å². The molecule has 0 radical (unpaired) electrons. The number of aromatic nitrogens is 2.